The first kappa shape index (κ1) is 17.5. The topological polar surface area (TPSA) is 52.6 Å². The van der Waals surface area contributed by atoms with Crippen molar-refractivity contribution in [3.05, 3.63) is 11.1 Å². The normalized spacial score (nSPS) is 39.2. The molecule has 3 aliphatic rings. The van der Waals surface area contributed by atoms with Crippen molar-refractivity contribution in [1.82, 2.24) is 0 Å². The van der Waals surface area contributed by atoms with E-state index in [0.29, 0.717) is 6.42 Å². The third-order valence-electron chi connectivity index (χ3n) is 6.89. The summed E-state index contributed by atoms with van der Waals surface area (Å²) in [5.41, 5.74) is 2.05. The second-order valence-corrected chi connectivity index (χ2v) is 8.61. The lowest BCUT2D eigenvalue weighted by Crippen LogP contribution is -2.53. The Morgan fingerprint density at radius 1 is 1.29 bits per heavy atom. The highest BCUT2D eigenvalue weighted by molar-refractivity contribution is 5.78. The third-order valence-corrected chi connectivity index (χ3v) is 6.89. The summed E-state index contributed by atoms with van der Waals surface area (Å²) in [5.74, 6) is 0.319. The fourth-order valence-electron chi connectivity index (χ4n) is 5.73. The van der Waals surface area contributed by atoms with Crippen molar-refractivity contribution in [2.45, 2.75) is 72.3 Å². The van der Waals surface area contributed by atoms with Crippen molar-refractivity contribution in [3.63, 3.8) is 0 Å². The summed E-state index contributed by atoms with van der Waals surface area (Å²) in [6.45, 7) is 8.56. The second kappa shape index (κ2) is 5.89. The van der Waals surface area contributed by atoms with Crippen LogP contribution in [-0.2, 0) is 19.1 Å². The van der Waals surface area contributed by atoms with Crippen LogP contribution in [0.2, 0.25) is 0 Å². The lowest BCUT2D eigenvalue weighted by atomic mass is 9.48. The van der Waals surface area contributed by atoms with E-state index in [4.69, 9.17) is 9.47 Å². The molecule has 4 heteroatoms. The molecule has 3 rings (SSSR count). The zero-order chi connectivity index (χ0) is 17.7. The third kappa shape index (κ3) is 2.41. The molecular formula is C20H30O4. The summed E-state index contributed by atoms with van der Waals surface area (Å²) < 4.78 is 10.8. The number of hydrogen-bond donors (Lipinski definition) is 0. The molecule has 1 heterocycles. The van der Waals surface area contributed by atoms with Gasteiger partial charge in [0.1, 0.15) is 6.10 Å². The van der Waals surface area contributed by atoms with E-state index < -0.39 is 5.41 Å². The fourth-order valence-corrected chi connectivity index (χ4v) is 5.73. The first-order valence-electron chi connectivity index (χ1n) is 9.24. The molecule has 0 saturated heterocycles. The van der Waals surface area contributed by atoms with Crippen LogP contribution in [0.5, 0.6) is 0 Å². The molecule has 0 amide bonds. The maximum absolute atomic E-state index is 12.6. The first-order chi connectivity index (χ1) is 11.2. The summed E-state index contributed by atoms with van der Waals surface area (Å²) in [6, 6.07) is 0. The molecular weight excluding hydrogens is 304 g/mol. The highest BCUT2D eigenvalue weighted by Gasteiger charge is 2.57. The number of hydrogen-bond acceptors (Lipinski definition) is 4. The molecule has 0 unspecified atom stereocenters. The smallest absolute Gasteiger partial charge is 0.311 e. The fraction of sp³-hybridized carbons (Fsp3) is 0.800. The van der Waals surface area contributed by atoms with Crippen LogP contribution in [0.1, 0.15) is 66.2 Å². The van der Waals surface area contributed by atoms with Gasteiger partial charge in [-0.2, -0.15) is 0 Å². The minimum Gasteiger partial charge on any atom is -0.469 e. The van der Waals surface area contributed by atoms with E-state index in [9.17, 15) is 9.59 Å². The number of cyclic esters (lactones) is 1. The molecule has 4 atom stereocenters. The number of methoxy groups -OCH3 is 1. The van der Waals surface area contributed by atoms with E-state index in [-0.39, 0.29) is 35.3 Å². The minimum atomic E-state index is -0.449. The van der Waals surface area contributed by atoms with Crippen LogP contribution in [-0.4, -0.2) is 25.2 Å². The van der Waals surface area contributed by atoms with Crippen molar-refractivity contribution in [2.24, 2.45) is 22.7 Å². The van der Waals surface area contributed by atoms with Crippen LogP contribution in [0.4, 0.5) is 0 Å². The predicted octanol–water partition coefficient (Wildman–Crippen LogP) is 4.03. The number of esters is 2. The summed E-state index contributed by atoms with van der Waals surface area (Å²) in [4.78, 5) is 24.8. The van der Waals surface area contributed by atoms with Crippen LogP contribution in [0.3, 0.4) is 0 Å². The van der Waals surface area contributed by atoms with E-state index in [0.717, 1.165) is 32.1 Å². The molecule has 1 saturated carbocycles. The van der Waals surface area contributed by atoms with Gasteiger partial charge in [0.15, 0.2) is 0 Å². The Bertz CT molecular complexity index is 590. The molecule has 0 N–H and O–H groups in total. The van der Waals surface area contributed by atoms with E-state index in [2.05, 4.69) is 27.7 Å². The van der Waals surface area contributed by atoms with Crippen LogP contribution in [0, 0.1) is 22.7 Å². The summed E-state index contributed by atoms with van der Waals surface area (Å²) in [5, 5.41) is 0. The minimum absolute atomic E-state index is 0.0923. The number of fused-ring (bicyclic) bond motifs is 2. The predicted molar refractivity (Wildman–Crippen MR) is 91.2 cm³/mol. The SMILES string of the molecule is COC(=O)[C@@]1(C)CCC[C@]2(C)C3=C(CC[C@@H]12)[C@@H](C(C)C)OC(=O)C3. The van der Waals surface area contributed by atoms with Gasteiger partial charge in [-0.25, -0.2) is 0 Å². The quantitative estimate of drug-likeness (QED) is 0.565. The average Bonchev–Trinajstić information content (AvgIpc) is 2.53. The first-order valence-corrected chi connectivity index (χ1v) is 9.24. The molecule has 0 aromatic rings. The van der Waals surface area contributed by atoms with E-state index in [1.807, 2.05) is 0 Å². The van der Waals surface area contributed by atoms with Crippen molar-refractivity contribution in [3.8, 4) is 0 Å². The Labute approximate surface area is 145 Å². The Morgan fingerprint density at radius 2 is 2.00 bits per heavy atom. The van der Waals surface area contributed by atoms with Gasteiger partial charge in [0.05, 0.1) is 18.9 Å². The zero-order valence-electron chi connectivity index (χ0n) is 15.6. The van der Waals surface area contributed by atoms with E-state index >= 15 is 0 Å². The van der Waals surface area contributed by atoms with Gasteiger partial charge in [0, 0.05) is 0 Å². The number of carbonyl (C=O) groups excluding carboxylic acids is 2. The monoisotopic (exact) mass is 334 g/mol. The van der Waals surface area contributed by atoms with E-state index in [1.54, 1.807) is 0 Å². The zero-order valence-corrected chi connectivity index (χ0v) is 15.6. The Balaban J connectivity index is 2.07. The second-order valence-electron chi connectivity index (χ2n) is 8.61. The molecule has 0 aromatic carbocycles. The van der Waals surface area contributed by atoms with E-state index in [1.165, 1.54) is 18.3 Å². The molecule has 24 heavy (non-hydrogen) atoms. The maximum atomic E-state index is 12.6. The highest BCUT2D eigenvalue weighted by Crippen LogP contribution is 2.61. The molecule has 0 spiro atoms. The standard InChI is InChI=1S/C20H30O4/c1-12(2)17-13-7-8-15-19(3,14(13)11-16(21)24-17)9-6-10-20(15,4)18(22)23-5/h12,15,17H,6-11H2,1-5H3/t15-,17-,19-,20+/m1/s1. The van der Waals surface area contributed by atoms with Crippen LogP contribution >= 0.6 is 0 Å². The van der Waals surface area contributed by atoms with Crippen LogP contribution in [0.15, 0.2) is 11.1 Å². The van der Waals surface area contributed by atoms with Gasteiger partial charge in [-0.05, 0) is 55.4 Å². The number of ether oxygens (including phenoxy) is 2. The molecule has 1 aliphatic heterocycles. The largest absolute Gasteiger partial charge is 0.469 e. The van der Waals surface area contributed by atoms with Crippen molar-refractivity contribution in [2.75, 3.05) is 7.11 Å². The van der Waals surface area contributed by atoms with Crippen LogP contribution < -0.4 is 0 Å². The molecule has 1 fully saturated rings. The van der Waals surface area contributed by atoms with Gasteiger partial charge in [-0.1, -0.05) is 32.8 Å². The lowest BCUT2D eigenvalue weighted by molar-refractivity contribution is -0.164. The molecule has 0 radical (unpaired) electrons. The molecule has 2 aliphatic carbocycles. The molecule has 0 bridgehead atoms. The summed E-state index contributed by atoms with van der Waals surface area (Å²) >= 11 is 0. The number of rotatable bonds is 2. The lowest BCUT2D eigenvalue weighted by Gasteiger charge is -2.56. The molecule has 0 aromatic heterocycles. The Morgan fingerprint density at radius 3 is 2.62 bits per heavy atom. The van der Waals surface area contributed by atoms with Crippen molar-refractivity contribution >= 4 is 11.9 Å². The van der Waals surface area contributed by atoms with Crippen molar-refractivity contribution in [1.29, 1.82) is 0 Å². The van der Waals surface area contributed by atoms with Gasteiger partial charge < -0.3 is 9.47 Å². The molecule has 134 valence electrons. The Hall–Kier alpha value is -1.32. The Kier molecular flexibility index (Phi) is 4.29. The highest BCUT2D eigenvalue weighted by atomic mass is 16.5. The van der Waals surface area contributed by atoms with Gasteiger partial charge in [-0.3, -0.25) is 9.59 Å². The van der Waals surface area contributed by atoms with Gasteiger partial charge >= 0.3 is 11.9 Å². The van der Waals surface area contributed by atoms with Crippen molar-refractivity contribution < 1.29 is 19.1 Å². The van der Waals surface area contributed by atoms with Crippen LogP contribution in [0.25, 0.3) is 0 Å². The maximum Gasteiger partial charge on any atom is 0.311 e. The molecule has 4 nitrogen and oxygen atoms in total. The summed E-state index contributed by atoms with van der Waals surface area (Å²) in [7, 11) is 1.49. The van der Waals surface area contributed by atoms with Gasteiger partial charge in [0.25, 0.3) is 0 Å². The van der Waals surface area contributed by atoms with Gasteiger partial charge in [0.2, 0.25) is 0 Å². The number of carbonyl (C=O) groups is 2. The van der Waals surface area contributed by atoms with Gasteiger partial charge in [-0.15, -0.1) is 0 Å². The summed E-state index contributed by atoms with van der Waals surface area (Å²) in [6.07, 6.45) is 5.12. The average molecular weight is 334 g/mol.